The highest BCUT2D eigenvalue weighted by molar-refractivity contribution is 7.60. The van der Waals surface area contributed by atoms with Crippen LogP contribution >= 0.6 is 7.37 Å². The molecule has 2 heterocycles. The monoisotopic (exact) mass is 806 g/mol. The number of Topliss-reactive ketones (excluding diaryl/α,β-unsaturated/α-hetero) is 1. The van der Waals surface area contributed by atoms with Gasteiger partial charge in [0.05, 0.1) is 48.4 Å². The molecule has 0 N–H and O–H groups in total. The number of ether oxygens (including phenoxy) is 3. The predicted molar refractivity (Wildman–Crippen MR) is 225 cm³/mol. The SMILES string of the molecule is C=C[C@@H]1C[C@]1(CC(=O)[C@@H]1C[C@@H](Oc2cc(-c3ccccc3)nc3cc(OC)ccc23)CN1C(=O)[C@@H](CC(=O)OC1CCCC1)C(C)(C)C)P(C)(=O)Oc1ccccc1. The molecule has 2 aliphatic carbocycles. The Morgan fingerprint density at radius 3 is 2.29 bits per heavy atom. The van der Waals surface area contributed by atoms with E-state index in [1.54, 1.807) is 36.9 Å². The maximum Gasteiger partial charge on any atom is 0.306 e. The number of nitrogens with zero attached hydrogens (tertiary/aromatic N) is 2. The summed E-state index contributed by atoms with van der Waals surface area (Å²) in [7, 11) is -1.83. The molecule has 7 rings (SSSR count). The number of aromatic nitrogens is 1. The summed E-state index contributed by atoms with van der Waals surface area (Å²) < 4.78 is 38.9. The molecule has 10 nitrogen and oxygen atoms in total. The lowest BCUT2D eigenvalue weighted by atomic mass is 9.77. The van der Waals surface area contributed by atoms with Crippen LogP contribution in [0, 0.1) is 17.3 Å². The summed E-state index contributed by atoms with van der Waals surface area (Å²) in [6, 6.07) is 25.4. The van der Waals surface area contributed by atoms with Gasteiger partial charge in [-0.05, 0) is 67.7 Å². The average molecular weight is 807 g/mol. The molecule has 58 heavy (non-hydrogen) atoms. The Kier molecular flexibility index (Phi) is 11.9. The van der Waals surface area contributed by atoms with Crippen molar-refractivity contribution in [3.63, 3.8) is 0 Å². The number of amides is 1. The molecule has 3 aromatic carbocycles. The zero-order valence-corrected chi connectivity index (χ0v) is 35.1. The minimum Gasteiger partial charge on any atom is -0.497 e. The molecule has 1 amide bonds. The molecule has 6 atom stereocenters. The van der Waals surface area contributed by atoms with Crippen LogP contribution in [0.25, 0.3) is 22.2 Å². The third-order valence-electron chi connectivity index (χ3n) is 12.3. The Labute approximate surface area is 341 Å². The van der Waals surface area contributed by atoms with E-state index in [9.17, 15) is 18.9 Å². The van der Waals surface area contributed by atoms with Crippen molar-refractivity contribution < 1.29 is 37.7 Å². The molecular weight excluding hydrogens is 751 g/mol. The Morgan fingerprint density at radius 2 is 1.66 bits per heavy atom. The van der Waals surface area contributed by atoms with Crippen LogP contribution in [-0.4, -0.2) is 71.3 Å². The quantitative estimate of drug-likeness (QED) is 0.0657. The fourth-order valence-electron chi connectivity index (χ4n) is 8.77. The van der Waals surface area contributed by atoms with E-state index in [1.165, 1.54) is 0 Å². The van der Waals surface area contributed by atoms with Gasteiger partial charge in [-0.25, -0.2) is 4.98 Å². The van der Waals surface area contributed by atoms with E-state index >= 15 is 0 Å². The minimum atomic E-state index is -3.44. The van der Waals surface area contributed by atoms with E-state index in [2.05, 4.69) is 6.58 Å². The number of hydrogen-bond acceptors (Lipinski definition) is 9. The molecule has 1 unspecified atom stereocenters. The highest BCUT2D eigenvalue weighted by Crippen LogP contribution is 2.73. The molecule has 0 spiro atoms. The van der Waals surface area contributed by atoms with Crippen molar-refractivity contribution in [2.45, 2.75) is 95.5 Å². The number of likely N-dealkylation sites (tertiary alicyclic amines) is 1. The summed E-state index contributed by atoms with van der Waals surface area (Å²) in [6.45, 7) is 11.5. The fourth-order valence-corrected chi connectivity index (χ4v) is 11.2. The molecule has 1 aromatic heterocycles. The van der Waals surface area contributed by atoms with E-state index in [1.807, 2.05) is 93.6 Å². The molecule has 3 fully saturated rings. The Bertz CT molecular complexity index is 2200. The number of rotatable bonds is 15. The van der Waals surface area contributed by atoms with Crippen LogP contribution in [0.4, 0.5) is 0 Å². The summed E-state index contributed by atoms with van der Waals surface area (Å²) in [5.41, 5.74) is 1.65. The van der Waals surface area contributed by atoms with Crippen molar-refractivity contribution in [2.75, 3.05) is 20.3 Å². The van der Waals surface area contributed by atoms with Crippen LogP contribution in [0.1, 0.15) is 72.1 Å². The highest BCUT2D eigenvalue weighted by atomic mass is 31.2. The van der Waals surface area contributed by atoms with Crippen molar-refractivity contribution in [2.24, 2.45) is 17.3 Å². The maximum atomic E-state index is 14.9. The molecule has 2 saturated carbocycles. The van der Waals surface area contributed by atoms with Gasteiger partial charge in [-0.15, -0.1) is 6.58 Å². The number of fused-ring (bicyclic) bond motifs is 1. The van der Waals surface area contributed by atoms with E-state index < -0.39 is 42.0 Å². The first kappa shape index (κ1) is 41.2. The third-order valence-corrected chi connectivity index (χ3v) is 15.1. The second kappa shape index (κ2) is 16.7. The molecule has 1 saturated heterocycles. The number of carbonyl (C=O) groups excluding carboxylic acids is 3. The van der Waals surface area contributed by atoms with Gasteiger partial charge in [-0.2, -0.15) is 0 Å². The van der Waals surface area contributed by atoms with Crippen molar-refractivity contribution in [3.8, 4) is 28.5 Å². The van der Waals surface area contributed by atoms with E-state index in [-0.39, 0.29) is 49.5 Å². The molecule has 306 valence electrons. The number of esters is 1. The van der Waals surface area contributed by atoms with Gasteiger partial charge in [0.25, 0.3) is 7.37 Å². The number of allylic oxidation sites excluding steroid dienone is 1. The second-order valence-corrected chi connectivity index (χ2v) is 20.1. The molecule has 0 radical (unpaired) electrons. The molecule has 3 aliphatic rings. The van der Waals surface area contributed by atoms with Gasteiger partial charge >= 0.3 is 5.97 Å². The normalized spacial score (nSPS) is 23.5. The molecular formula is C47H55N2O8P. The number of benzene rings is 3. The number of pyridine rings is 1. The third kappa shape index (κ3) is 8.73. The van der Waals surface area contributed by atoms with Crippen molar-refractivity contribution in [1.29, 1.82) is 0 Å². The Morgan fingerprint density at radius 1 is 0.966 bits per heavy atom. The van der Waals surface area contributed by atoms with E-state index in [0.717, 1.165) is 36.6 Å². The van der Waals surface area contributed by atoms with Crippen LogP contribution in [0.2, 0.25) is 0 Å². The van der Waals surface area contributed by atoms with Gasteiger partial charge in [0, 0.05) is 42.6 Å². The van der Waals surface area contributed by atoms with Gasteiger partial charge in [0.2, 0.25) is 5.91 Å². The first-order chi connectivity index (χ1) is 27.7. The summed E-state index contributed by atoms with van der Waals surface area (Å²) in [4.78, 5) is 49.7. The second-order valence-electron chi connectivity index (χ2n) is 17.3. The zero-order valence-electron chi connectivity index (χ0n) is 34.2. The first-order valence-electron chi connectivity index (χ1n) is 20.4. The zero-order chi connectivity index (χ0) is 41.2. The summed E-state index contributed by atoms with van der Waals surface area (Å²) in [5, 5.41) is -0.208. The molecule has 0 bridgehead atoms. The smallest absolute Gasteiger partial charge is 0.306 e. The molecule has 4 aromatic rings. The topological polar surface area (TPSA) is 121 Å². The minimum absolute atomic E-state index is 0.0640. The van der Waals surface area contributed by atoms with Crippen molar-refractivity contribution in [1.82, 2.24) is 9.88 Å². The van der Waals surface area contributed by atoms with Crippen LogP contribution in [0.5, 0.6) is 17.2 Å². The van der Waals surface area contributed by atoms with Gasteiger partial charge in [-0.1, -0.05) is 75.4 Å². The average Bonchev–Trinajstić information content (AvgIpc) is 3.46. The largest absolute Gasteiger partial charge is 0.497 e. The molecule has 1 aliphatic heterocycles. The summed E-state index contributed by atoms with van der Waals surface area (Å²) >= 11 is 0. The van der Waals surface area contributed by atoms with E-state index in [4.69, 9.17) is 23.7 Å². The highest BCUT2D eigenvalue weighted by Gasteiger charge is 2.65. The Balaban J connectivity index is 1.22. The lowest BCUT2D eigenvalue weighted by Crippen LogP contribution is -2.48. The standard InChI is InChI=1S/C47H55N2O8P/c1-7-32-28-47(32,58(6,53)57-34-20-12-9-13-21-34)29-42(50)41-25-36(30-49(41)45(52)38(46(2,3)4)26-44(51)56-33-18-14-15-19-33)55-43-27-39(31-16-10-8-11-17-31)48-40-24-35(54-5)22-23-37(40)43/h7-13,16-17,20-24,27,32-33,36,38,41H,1,14-15,18-19,25-26,28-30H2,2-6H3/t32-,36-,38-,41+,47-,58?/m1/s1. The first-order valence-corrected chi connectivity index (χ1v) is 22.5. The summed E-state index contributed by atoms with van der Waals surface area (Å²) in [5.74, 6) is -0.215. The van der Waals surface area contributed by atoms with Gasteiger partial charge in [0.15, 0.2) is 5.78 Å². The van der Waals surface area contributed by atoms with Crippen LogP contribution in [-0.2, 0) is 23.7 Å². The fraction of sp³-hybridized carbons (Fsp3) is 0.447. The van der Waals surface area contributed by atoms with Crippen molar-refractivity contribution in [3.05, 3.63) is 97.6 Å². The van der Waals surface area contributed by atoms with Crippen LogP contribution in [0.3, 0.4) is 0 Å². The lowest BCUT2D eigenvalue weighted by Gasteiger charge is -2.35. The lowest BCUT2D eigenvalue weighted by molar-refractivity contribution is -0.156. The number of ketones is 1. The van der Waals surface area contributed by atoms with Crippen LogP contribution < -0.4 is 14.0 Å². The van der Waals surface area contributed by atoms with Gasteiger partial charge in [-0.3, -0.25) is 18.9 Å². The Hall–Kier alpha value is -4.95. The van der Waals surface area contributed by atoms with Gasteiger partial charge in [0.1, 0.15) is 29.5 Å². The van der Waals surface area contributed by atoms with Gasteiger partial charge < -0.3 is 23.6 Å². The number of carbonyl (C=O) groups is 3. The number of hydrogen-bond donors (Lipinski definition) is 0. The van der Waals surface area contributed by atoms with E-state index in [0.29, 0.717) is 34.9 Å². The molecule has 11 heteroatoms. The van der Waals surface area contributed by atoms with Crippen molar-refractivity contribution >= 4 is 35.9 Å². The summed E-state index contributed by atoms with van der Waals surface area (Å²) in [6.07, 6.45) is 5.24. The van der Waals surface area contributed by atoms with Crippen LogP contribution in [0.15, 0.2) is 97.6 Å². The predicted octanol–water partition coefficient (Wildman–Crippen LogP) is 9.69. The maximum absolute atomic E-state index is 14.9. The number of methoxy groups -OCH3 is 1. The number of para-hydroxylation sites is 1.